The van der Waals surface area contributed by atoms with Crippen LogP contribution in [0.2, 0.25) is 0 Å². The third-order valence-electron chi connectivity index (χ3n) is 3.86. The lowest BCUT2D eigenvalue weighted by molar-refractivity contribution is 0.378. The Morgan fingerprint density at radius 3 is 2.85 bits per heavy atom. The second kappa shape index (κ2) is 5.00. The minimum Gasteiger partial charge on any atom is -0.382 e. The first-order valence-corrected chi connectivity index (χ1v) is 8.54. The molecule has 0 saturated heterocycles. The van der Waals surface area contributed by atoms with E-state index in [4.69, 9.17) is 5.73 Å². The van der Waals surface area contributed by atoms with E-state index in [0.29, 0.717) is 17.3 Å². The van der Waals surface area contributed by atoms with Gasteiger partial charge in [0.05, 0.1) is 5.56 Å². The predicted molar refractivity (Wildman–Crippen MR) is 87.4 cm³/mol. The summed E-state index contributed by atoms with van der Waals surface area (Å²) in [6.07, 6.45) is 3.67. The maximum Gasteiger partial charge on any atom is 0.149 e. The number of hydrogen-bond acceptors (Lipinski definition) is 6. The van der Waals surface area contributed by atoms with Gasteiger partial charge in [-0.25, -0.2) is 4.98 Å². The molecule has 0 aromatic carbocycles. The van der Waals surface area contributed by atoms with Crippen LogP contribution < -0.4 is 11.1 Å². The third kappa shape index (κ3) is 2.67. The zero-order chi connectivity index (χ0) is 14.3. The van der Waals surface area contributed by atoms with Crippen molar-refractivity contribution in [1.82, 2.24) is 9.36 Å². The van der Waals surface area contributed by atoms with Crippen molar-refractivity contribution in [2.75, 3.05) is 11.1 Å². The van der Waals surface area contributed by atoms with E-state index in [9.17, 15) is 0 Å². The molecule has 6 heteroatoms. The molecule has 0 radical (unpaired) electrons. The Kier molecular flexibility index (Phi) is 3.46. The molecule has 4 nitrogen and oxygen atoms in total. The average molecular weight is 308 g/mol. The number of thiazole rings is 1. The Bertz CT molecular complexity index is 614. The lowest BCUT2D eigenvalue weighted by Gasteiger charge is -2.18. The SMILES string of the molecule is Cc1csc(-c2c(N)nsc2NC2CCC(C)(C)C2)n1. The van der Waals surface area contributed by atoms with Gasteiger partial charge < -0.3 is 11.1 Å². The van der Waals surface area contributed by atoms with Crippen LogP contribution in [0.25, 0.3) is 10.6 Å². The molecule has 0 spiro atoms. The van der Waals surface area contributed by atoms with Gasteiger partial charge in [0, 0.05) is 17.1 Å². The van der Waals surface area contributed by atoms with E-state index in [1.54, 1.807) is 11.3 Å². The number of anilines is 2. The summed E-state index contributed by atoms with van der Waals surface area (Å²) < 4.78 is 4.30. The largest absolute Gasteiger partial charge is 0.382 e. The standard InChI is InChI=1S/C14H20N4S2/c1-8-7-19-12(16-8)10-11(15)18-20-13(10)17-9-4-5-14(2,3)6-9/h7,9,17H,4-6H2,1-3H3,(H2,15,18). The summed E-state index contributed by atoms with van der Waals surface area (Å²) in [5.41, 5.74) is 8.49. The molecule has 2 aromatic heterocycles. The molecule has 0 amide bonds. The molecule has 1 unspecified atom stereocenters. The molecule has 1 fully saturated rings. The van der Waals surface area contributed by atoms with Crippen molar-refractivity contribution in [2.24, 2.45) is 5.41 Å². The Morgan fingerprint density at radius 2 is 2.25 bits per heavy atom. The Hall–Kier alpha value is -1.14. The van der Waals surface area contributed by atoms with Gasteiger partial charge >= 0.3 is 0 Å². The fourth-order valence-corrected chi connectivity index (χ4v) is 4.53. The van der Waals surface area contributed by atoms with Crippen LogP contribution in [0, 0.1) is 12.3 Å². The van der Waals surface area contributed by atoms with Crippen LogP contribution in [0.3, 0.4) is 0 Å². The van der Waals surface area contributed by atoms with Gasteiger partial charge in [0.1, 0.15) is 15.8 Å². The fraction of sp³-hybridized carbons (Fsp3) is 0.571. The van der Waals surface area contributed by atoms with Gasteiger partial charge in [-0.1, -0.05) is 13.8 Å². The van der Waals surface area contributed by atoms with Crippen LogP contribution in [0.5, 0.6) is 0 Å². The molecule has 1 saturated carbocycles. The summed E-state index contributed by atoms with van der Waals surface area (Å²) in [6.45, 7) is 6.67. The first-order chi connectivity index (χ1) is 9.44. The van der Waals surface area contributed by atoms with Gasteiger partial charge in [0.2, 0.25) is 0 Å². The van der Waals surface area contributed by atoms with Crippen LogP contribution in [0.4, 0.5) is 10.8 Å². The predicted octanol–water partition coefficient (Wildman–Crippen LogP) is 4.15. The molecular formula is C14H20N4S2. The summed E-state index contributed by atoms with van der Waals surface area (Å²) in [5.74, 6) is 0.587. The van der Waals surface area contributed by atoms with Crippen molar-refractivity contribution in [3.05, 3.63) is 11.1 Å². The van der Waals surface area contributed by atoms with E-state index < -0.39 is 0 Å². The number of aromatic nitrogens is 2. The minimum atomic E-state index is 0.436. The fourth-order valence-electron chi connectivity index (χ4n) is 2.82. The van der Waals surface area contributed by atoms with Crippen molar-refractivity contribution in [2.45, 2.75) is 46.1 Å². The van der Waals surface area contributed by atoms with Crippen molar-refractivity contribution >= 4 is 33.7 Å². The first kappa shape index (κ1) is 13.8. The maximum atomic E-state index is 6.04. The molecule has 20 heavy (non-hydrogen) atoms. The maximum absolute atomic E-state index is 6.04. The Labute approximate surface area is 127 Å². The van der Waals surface area contributed by atoms with Crippen LogP contribution in [-0.4, -0.2) is 15.4 Å². The van der Waals surface area contributed by atoms with Gasteiger partial charge in [0.15, 0.2) is 0 Å². The number of nitrogens with one attached hydrogen (secondary N) is 1. The number of nitrogen functional groups attached to an aromatic ring is 1. The van der Waals surface area contributed by atoms with E-state index in [1.165, 1.54) is 30.8 Å². The minimum absolute atomic E-state index is 0.436. The zero-order valence-corrected chi connectivity index (χ0v) is 13.7. The molecule has 2 aromatic rings. The van der Waals surface area contributed by atoms with Crippen molar-refractivity contribution in [3.63, 3.8) is 0 Å². The van der Waals surface area contributed by atoms with Crippen LogP contribution in [-0.2, 0) is 0 Å². The normalized spacial score (nSPS) is 21.2. The molecule has 0 bridgehead atoms. The van der Waals surface area contributed by atoms with Gasteiger partial charge in [0.25, 0.3) is 0 Å². The van der Waals surface area contributed by atoms with E-state index >= 15 is 0 Å². The highest BCUT2D eigenvalue weighted by atomic mass is 32.1. The third-order valence-corrected chi connectivity index (χ3v) is 5.63. The highest BCUT2D eigenvalue weighted by Crippen LogP contribution is 2.42. The lowest BCUT2D eigenvalue weighted by Crippen LogP contribution is -2.17. The van der Waals surface area contributed by atoms with Crippen molar-refractivity contribution < 1.29 is 0 Å². The molecule has 1 aliphatic carbocycles. The molecule has 1 atom stereocenters. The topological polar surface area (TPSA) is 63.8 Å². The summed E-state index contributed by atoms with van der Waals surface area (Å²) in [6, 6.07) is 0.518. The lowest BCUT2D eigenvalue weighted by atomic mass is 9.92. The van der Waals surface area contributed by atoms with Crippen LogP contribution >= 0.6 is 22.9 Å². The number of rotatable bonds is 3. The number of nitrogens with zero attached hydrogens (tertiary/aromatic N) is 2. The zero-order valence-electron chi connectivity index (χ0n) is 12.1. The summed E-state index contributed by atoms with van der Waals surface area (Å²) in [4.78, 5) is 4.54. The molecule has 2 heterocycles. The van der Waals surface area contributed by atoms with E-state index in [0.717, 1.165) is 21.3 Å². The molecule has 3 rings (SSSR count). The van der Waals surface area contributed by atoms with Crippen LogP contribution in [0.1, 0.15) is 38.8 Å². The van der Waals surface area contributed by atoms with Gasteiger partial charge in [-0.05, 0) is 43.1 Å². The quantitative estimate of drug-likeness (QED) is 0.894. The van der Waals surface area contributed by atoms with E-state index in [-0.39, 0.29) is 0 Å². The van der Waals surface area contributed by atoms with Crippen LogP contribution in [0.15, 0.2) is 5.38 Å². The monoisotopic (exact) mass is 308 g/mol. The second-order valence-corrected chi connectivity index (χ2v) is 7.95. The second-order valence-electron chi connectivity index (χ2n) is 6.31. The number of aryl methyl sites for hydroxylation is 1. The highest BCUT2D eigenvalue weighted by Gasteiger charge is 2.32. The van der Waals surface area contributed by atoms with Crippen molar-refractivity contribution in [3.8, 4) is 10.6 Å². The molecule has 1 aliphatic rings. The molecule has 0 aliphatic heterocycles. The van der Waals surface area contributed by atoms with Gasteiger partial charge in [-0.15, -0.1) is 11.3 Å². The van der Waals surface area contributed by atoms with E-state index in [2.05, 4.69) is 33.9 Å². The average Bonchev–Trinajstić information content (AvgIpc) is 3.01. The summed E-state index contributed by atoms with van der Waals surface area (Å²) in [7, 11) is 0. The van der Waals surface area contributed by atoms with Gasteiger partial charge in [-0.3, -0.25) is 0 Å². The number of nitrogens with two attached hydrogens (primary N) is 1. The number of hydrogen-bond donors (Lipinski definition) is 2. The van der Waals surface area contributed by atoms with Crippen molar-refractivity contribution in [1.29, 1.82) is 0 Å². The van der Waals surface area contributed by atoms with E-state index in [1.807, 2.05) is 6.92 Å². The highest BCUT2D eigenvalue weighted by molar-refractivity contribution is 7.15. The molecule has 3 N–H and O–H groups in total. The first-order valence-electron chi connectivity index (χ1n) is 6.89. The summed E-state index contributed by atoms with van der Waals surface area (Å²) >= 11 is 3.08. The molecule has 108 valence electrons. The summed E-state index contributed by atoms with van der Waals surface area (Å²) in [5, 5.41) is 7.72. The smallest absolute Gasteiger partial charge is 0.149 e. The van der Waals surface area contributed by atoms with Gasteiger partial charge in [-0.2, -0.15) is 4.37 Å². The Morgan fingerprint density at radius 1 is 1.45 bits per heavy atom. The Balaban J connectivity index is 1.85. The molecular weight excluding hydrogens is 288 g/mol.